The van der Waals surface area contributed by atoms with Gasteiger partial charge in [0.2, 0.25) is 0 Å². The molecule has 0 saturated heterocycles. The van der Waals surface area contributed by atoms with Crippen LogP contribution in [0.4, 0.5) is 0 Å². The molecular weight excluding hydrogens is 268 g/mol. The normalized spacial score (nSPS) is 10.3. The van der Waals surface area contributed by atoms with Crippen molar-refractivity contribution in [2.24, 2.45) is 0 Å². The Balaban J connectivity index is 1.74. The van der Waals surface area contributed by atoms with E-state index in [1.165, 1.54) is 11.3 Å². The Labute approximate surface area is 115 Å². The Kier molecular flexibility index (Phi) is 4.79. The summed E-state index contributed by atoms with van der Waals surface area (Å²) in [6.07, 6.45) is 0.803. The van der Waals surface area contributed by atoms with Gasteiger partial charge in [-0.15, -0.1) is 11.3 Å². The van der Waals surface area contributed by atoms with Crippen molar-refractivity contribution in [1.29, 1.82) is 0 Å². The van der Waals surface area contributed by atoms with Crippen molar-refractivity contribution in [3.05, 3.63) is 51.7 Å². The molecule has 4 heteroatoms. The van der Waals surface area contributed by atoms with E-state index < -0.39 is 0 Å². The lowest BCUT2D eigenvalue weighted by Gasteiger charge is -2.04. The van der Waals surface area contributed by atoms with Crippen LogP contribution in [0, 0.1) is 0 Å². The van der Waals surface area contributed by atoms with Crippen molar-refractivity contribution in [2.75, 3.05) is 6.61 Å². The van der Waals surface area contributed by atoms with E-state index >= 15 is 0 Å². The molecular formula is C14H13ClO2S. The highest BCUT2D eigenvalue weighted by Crippen LogP contribution is 2.22. The Hall–Kier alpha value is -1.32. The largest absolute Gasteiger partial charge is 0.493 e. The van der Waals surface area contributed by atoms with E-state index in [2.05, 4.69) is 0 Å². The van der Waals surface area contributed by atoms with Crippen LogP contribution in [-0.4, -0.2) is 12.4 Å². The minimum Gasteiger partial charge on any atom is -0.493 e. The van der Waals surface area contributed by atoms with Crippen molar-refractivity contribution in [1.82, 2.24) is 0 Å². The fraction of sp³-hybridized carbons (Fsp3) is 0.214. The third-order valence-corrected chi connectivity index (χ3v) is 3.83. The van der Waals surface area contributed by atoms with Crippen LogP contribution in [-0.2, 0) is 11.2 Å². The smallest absolute Gasteiger partial charge is 0.141 e. The van der Waals surface area contributed by atoms with Crippen LogP contribution in [0.1, 0.15) is 11.3 Å². The van der Waals surface area contributed by atoms with Gasteiger partial charge in [-0.3, -0.25) is 4.79 Å². The van der Waals surface area contributed by atoms with Crippen molar-refractivity contribution < 1.29 is 9.53 Å². The molecule has 0 aliphatic rings. The Morgan fingerprint density at radius 3 is 2.67 bits per heavy atom. The predicted octanol–water partition coefficient (Wildman–Crippen LogP) is 3.98. The van der Waals surface area contributed by atoms with Crippen LogP contribution in [0.15, 0.2) is 41.8 Å². The van der Waals surface area contributed by atoms with Gasteiger partial charge in [0.05, 0.1) is 11.6 Å². The van der Waals surface area contributed by atoms with Gasteiger partial charge in [0.1, 0.15) is 11.5 Å². The van der Waals surface area contributed by atoms with Crippen LogP contribution >= 0.6 is 22.9 Å². The van der Waals surface area contributed by atoms with Crippen molar-refractivity contribution >= 4 is 28.7 Å². The van der Waals surface area contributed by atoms with Gasteiger partial charge >= 0.3 is 0 Å². The summed E-state index contributed by atoms with van der Waals surface area (Å²) in [5.74, 6) is 0.940. The van der Waals surface area contributed by atoms with Gasteiger partial charge in [0, 0.05) is 17.7 Å². The molecule has 2 rings (SSSR count). The van der Waals surface area contributed by atoms with Crippen LogP contribution in [0.2, 0.25) is 5.02 Å². The first-order chi connectivity index (χ1) is 8.75. The van der Waals surface area contributed by atoms with Gasteiger partial charge in [0.15, 0.2) is 0 Å². The van der Waals surface area contributed by atoms with Crippen molar-refractivity contribution in [3.63, 3.8) is 0 Å². The van der Waals surface area contributed by atoms with Gasteiger partial charge in [-0.25, -0.2) is 0 Å². The number of benzene rings is 1. The Bertz CT molecular complexity index is 508. The number of carbonyl (C=O) groups excluding carboxylic acids is 1. The molecule has 0 aliphatic heterocycles. The highest BCUT2D eigenvalue weighted by molar-refractivity contribution is 7.10. The predicted molar refractivity (Wildman–Crippen MR) is 74.6 cm³/mol. The Morgan fingerprint density at radius 2 is 2.00 bits per heavy atom. The fourth-order valence-electron chi connectivity index (χ4n) is 1.52. The molecule has 1 aromatic carbocycles. The number of carbonyl (C=O) groups is 1. The maximum atomic E-state index is 11.7. The summed E-state index contributed by atoms with van der Waals surface area (Å²) in [6.45, 7) is 0.409. The zero-order valence-electron chi connectivity index (χ0n) is 9.77. The standard InChI is InChI=1S/C14H13ClO2S/c15-13-7-9-18-14(13)10-11(16)6-8-17-12-4-2-1-3-5-12/h1-5,7,9H,6,8,10H2. The maximum absolute atomic E-state index is 11.7. The minimum atomic E-state index is 0.148. The van der Waals surface area contributed by atoms with E-state index in [1.807, 2.05) is 41.8 Å². The summed E-state index contributed by atoms with van der Waals surface area (Å²) < 4.78 is 5.48. The average molecular weight is 281 g/mol. The molecule has 0 spiro atoms. The number of ether oxygens (including phenoxy) is 1. The lowest BCUT2D eigenvalue weighted by Crippen LogP contribution is -2.08. The molecule has 0 unspecified atom stereocenters. The quantitative estimate of drug-likeness (QED) is 0.800. The van der Waals surface area contributed by atoms with Gasteiger partial charge in [0.25, 0.3) is 0 Å². The summed E-state index contributed by atoms with van der Waals surface area (Å²) in [5, 5.41) is 2.57. The number of hydrogen-bond acceptors (Lipinski definition) is 3. The number of para-hydroxylation sites is 1. The molecule has 2 nitrogen and oxygen atoms in total. The number of thiophene rings is 1. The van der Waals surface area contributed by atoms with Crippen molar-refractivity contribution in [2.45, 2.75) is 12.8 Å². The van der Waals surface area contributed by atoms with Crippen LogP contribution in [0.3, 0.4) is 0 Å². The molecule has 0 radical (unpaired) electrons. The molecule has 2 aromatic rings. The highest BCUT2D eigenvalue weighted by Gasteiger charge is 2.08. The van der Waals surface area contributed by atoms with E-state index in [0.29, 0.717) is 24.5 Å². The Morgan fingerprint density at radius 1 is 1.22 bits per heavy atom. The number of Topliss-reactive ketones (excluding diaryl/α,β-unsaturated/α-hetero) is 1. The van der Waals surface area contributed by atoms with Gasteiger partial charge in [-0.05, 0) is 23.6 Å². The maximum Gasteiger partial charge on any atom is 0.141 e. The van der Waals surface area contributed by atoms with Gasteiger partial charge in [-0.2, -0.15) is 0 Å². The van der Waals surface area contributed by atoms with E-state index in [9.17, 15) is 4.79 Å². The zero-order valence-corrected chi connectivity index (χ0v) is 11.3. The number of hydrogen-bond donors (Lipinski definition) is 0. The van der Waals surface area contributed by atoms with Crippen LogP contribution in [0.5, 0.6) is 5.75 Å². The molecule has 0 aliphatic carbocycles. The SMILES string of the molecule is O=C(CCOc1ccccc1)Cc1sccc1Cl. The van der Waals surface area contributed by atoms with Gasteiger partial charge < -0.3 is 4.74 Å². The minimum absolute atomic E-state index is 0.148. The van der Waals surface area contributed by atoms with Crippen molar-refractivity contribution in [3.8, 4) is 5.75 Å². The first-order valence-electron chi connectivity index (χ1n) is 5.67. The fourth-order valence-corrected chi connectivity index (χ4v) is 2.65. The van der Waals surface area contributed by atoms with E-state index in [0.717, 1.165) is 10.6 Å². The van der Waals surface area contributed by atoms with E-state index in [-0.39, 0.29) is 5.78 Å². The second kappa shape index (κ2) is 6.57. The van der Waals surface area contributed by atoms with Crippen LogP contribution in [0.25, 0.3) is 0 Å². The average Bonchev–Trinajstić information content (AvgIpc) is 2.76. The summed E-state index contributed by atoms with van der Waals surface area (Å²) >= 11 is 7.45. The van der Waals surface area contributed by atoms with Crippen LogP contribution < -0.4 is 4.74 Å². The summed E-state index contributed by atoms with van der Waals surface area (Å²) in [4.78, 5) is 12.7. The lowest BCUT2D eigenvalue weighted by atomic mass is 10.2. The van der Waals surface area contributed by atoms with Gasteiger partial charge in [-0.1, -0.05) is 29.8 Å². The zero-order chi connectivity index (χ0) is 12.8. The van der Waals surface area contributed by atoms with E-state index in [4.69, 9.17) is 16.3 Å². The topological polar surface area (TPSA) is 26.3 Å². The summed E-state index contributed by atoms with van der Waals surface area (Å²) in [5.41, 5.74) is 0. The molecule has 0 atom stereocenters. The highest BCUT2D eigenvalue weighted by atomic mass is 35.5. The number of ketones is 1. The molecule has 0 N–H and O–H groups in total. The molecule has 0 bridgehead atoms. The first-order valence-corrected chi connectivity index (χ1v) is 6.93. The summed E-state index contributed by atoms with van der Waals surface area (Å²) in [6, 6.07) is 11.3. The number of halogens is 1. The third-order valence-electron chi connectivity index (χ3n) is 2.44. The second-order valence-corrected chi connectivity index (χ2v) is 5.23. The monoisotopic (exact) mass is 280 g/mol. The van der Waals surface area contributed by atoms with E-state index in [1.54, 1.807) is 0 Å². The first kappa shape index (κ1) is 13.1. The lowest BCUT2D eigenvalue weighted by molar-refractivity contribution is -0.118. The molecule has 94 valence electrons. The molecule has 0 fully saturated rings. The molecule has 1 aromatic heterocycles. The molecule has 0 amide bonds. The second-order valence-electron chi connectivity index (χ2n) is 3.82. The third kappa shape index (κ3) is 3.86. The summed E-state index contributed by atoms with van der Waals surface area (Å²) in [7, 11) is 0. The number of rotatable bonds is 6. The molecule has 0 saturated carbocycles. The molecule has 18 heavy (non-hydrogen) atoms. The molecule has 1 heterocycles.